The predicted octanol–water partition coefficient (Wildman–Crippen LogP) is 4.45. The summed E-state index contributed by atoms with van der Waals surface area (Å²) in [6.07, 6.45) is 3.49. The molecule has 0 aromatic heterocycles. The molecule has 2 aromatic rings. The van der Waals surface area contributed by atoms with E-state index in [1.54, 1.807) is 18.2 Å². The molecular weight excluding hydrogens is 493 g/mol. The summed E-state index contributed by atoms with van der Waals surface area (Å²) < 4.78 is 27.3. The molecule has 1 N–H and O–H groups in total. The average Bonchev–Trinajstić information content (AvgIpc) is 3.34. The van der Waals surface area contributed by atoms with Crippen LogP contribution in [0.2, 0.25) is 10.0 Å². The zero-order valence-corrected chi connectivity index (χ0v) is 21.5. The van der Waals surface area contributed by atoms with Gasteiger partial charge in [-0.1, -0.05) is 53.5 Å². The maximum Gasteiger partial charge on any atom is 0.223 e. The van der Waals surface area contributed by atoms with Gasteiger partial charge in [-0.2, -0.15) is 0 Å². The second kappa shape index (κ2) is 11.4. The third-order valence-electron chi connectivity index (χ3n) is 6.77. The molecule has 2 fully saturated rings. The Kier molecular flexibility index (Phi) is 8.53. The summed E-state index contributed by atoms with van der Waals surface area (Å²) in [6.45, 7) is 4.29. The SMILES string of the molecule is O=C(NCc1ccccc1CN1CCCC1)C1CCN(S(=O)(=O)Cc2c(Cl)cccc2Cl)CC1. The van der Waals surface area contributed by atoms with Gasteiger partial charge in [0.25, 0.3) is 0 Å². The first-order chi connectivity index (χ1) is 16.3. The molecular formula is C25H31Cl2N3O3S. The Labute approximate surface area is 212 Å². The van der Waals surface area contributed by atoms with Gasteiger partial charge in [0, 0.05) is 47.7 Å². The molecule has 2 aliphatic heterocycles. The zero-order chi connectivity index (χ0) is 24.1. The molecule has 0 aliphatic carbocycles. The van der Waals surface area contributed by atoms with Crippen molar-refractivity contribution in [3.05, 3.63) is 69.2 Å². The van der Waals surface area contributed by atoms with Gasteiger partial charge in [0.1, 0.15) is 0 Å². The standard InChI is InChI=1S/C25H31Cl2N3O3S/c26-23-8-5-9-24(27)22(23)18-34(32,33)30-14-10-19(11-15-30)25(31)28-16-20-6-1-2-7-21(20)17-29-12-3-4-13-29/h1-2,5-9,19H,3-4,10-18H2,(H,28,31). The molecule has 0 bridgehead atoms. The van der Waals surface area contributed by atoms with Gasteiger partial charge in [0.05, 0.1) is 5.75 Å². The minimum absolute atomic E-state index is 0.0119. The fourth-order valence-corrected chi connectivity index (χ4v) is 7.05. The number of benzene rings is 2. The molecule has 9 heteroatoms. The number of rotatable bonds is 8. The minimum Gasteiger partial charge on any atom is -0.352 e. The average molecular weight is 525 g/mol. The number of hydrogen-bond acceptors (Lipinski definition) is 4. The van der Waals surface area contributed by atoms with E-state index in [9.17, 15) is 13.2 Å². The number of carbonyl (C=O) groups excluding carboxylic acids is 1. The van der Waals surface area contributed by atoms with Crippen LogP contribution in [0.5, 0.6) is 0 Å². The normalized spacial score (nSPS) is 18.3. The highest BCUT2D eigenvalue weighted by Crippen LogP contribution is 2.29. The van der Waals surface area contributed by atoms with Crippen LogP contribution in [0.15, 0.2) is 42.5 Å². The maximum absolute atomic E-state index is 12.9. The maximum atomic E-state index is 12.9. The lowest BCUT2D eigenvalue weighted by Gasteiger charge is -2.31. The number of carbonyl (C=O) groups is 1. The lowest BCUT2D eigenvalue weighted by molar-refractivity contribution is -0.126. The Morgan fingerprint density at radius 2 is 1.53 bits per heavy atom. The third kappa shape index (κ3) is 6.32. The fraction of sp³-hybridized carbons (Fsp3) is 0.480. The fourth-order valence-electron chi connectivity index (χ4n) is 4.73. The van der Waals surface area contributed by atoms with Crippen molar-refractivity contribution in [3.8, 4) is 0 Å². The van der Waals surface area contributed by atoms with E-state index in [1.165, 1.54) is 22.7 Å². The molecule has 34 heavy (non-hydrogen) atoms. The largest absolute Gasteiger partial charge is 0.352 e. The van der Waals surface area contributed by atoms with Crippen LogP contribution in [-0.4, -0.2) is 49.7 Å². The summed E-state index contributed by atoms with van der Waals surface area (Å²) in [7, 11) is -3.57. The Morgan fingerprint density at radius 3 is 2.18 bits per heavy atom. The van der Waals surface area contributed by atoms with E-state index in [1.807, 2.05) is 12.1 Å². The van der Waals surface area contributed by atoms with E-state index in [-0.39, 0.29) is 17.6 Å². The van der Waals surface area contributed by atoms with Gasteiger partial charge in [0.15, 0.2) is 0 Å². The van der Waals surface area contributed by atoms with Crippen LogP contribution in [0, 0.1) is 5.92 Å². The Hall–Kier alpha value is -1.64. The van der Waals surface area contributed by atoms with E-state index in [0.29, 0.717) is 48.1 Å². The molecule has 0 spiro atoms. The van der Waals surface area contributed by atoms with Crippen molar-refractivity contribution in [1.82, 2.24) is 14.5 Å². The molecule has 4 rings (SSSR count). The number of halogens is 2. The summed E-state index contributed by atoms with van der Waals surface area (Å²) in [5, 5.41) is 3.77. The van der Waals surface area contributed by atoms with Crippen molar-refractivity contribution in [2.24, 2.45) is 5.92 Å². The third-order valence-corrected chi connectivity index (χ3v) is 9.28. The summed E-state index contributed by atoms with van der Waals surface area (Å²) in [4.78, 5) is 15.3. The number of nitrogens with one attached hydrogen (secondary N) is 1. The number of likely N-dealkylation sites (tertiary alicyclic amines) is 1. The van der Waals surface area contributed by atoms with Gasteiger partial charge in [0.2, 0.25) is 15.9 Å². The molecule has 184 valence electrons. The van der Waals surface area contributed by atoms with E-state index in [0.717, 1.165) is 25.2 Å². The van der Waals surface area contributed by atoms with E-state index >= 15 is 0 Å². The van der Waals surface area contributed by atoms with Crippen molar-refractivity contribution in [1.29, 1.82) is 0 Å². The highest BCUT2D eigenvalue weighted by Gasteiger charge is 2.32. The number of nitrogens with zero attached hydrogens (tertiary/aromatic N) is 2. The monoisotopic (exact) mass is 523 g/mol. The van der Waals surface area contributed by atoms with Crippen molar-refractivity contribution in [2.45, 2.75) is 44.5 Å². The van der Waals surface area contributed by atoms with Gasteiger partial charge >= 0.3 is 0 Å². The van der Waals surface area contributed by atoms with Crippen molar-refractivity contribution in [2.75, 3.05) is 26.2 Å². The molecule has 6 nitrogen and oxygen atoms in total. The van der Waals surface area contributed by atoms with E-state index in [4.69, 9.17) is 23.2 Å². The minimum atomic E-state index is -3.57. The number of hydrogen-bond donors (Lipinski definition) is 1. The lowest BCUT2D eigenvalue weighted by Crippen LogP contribution is -2.43. The first kappa shape index (κ1) is 25.5. The highest BCUT2D eigenvalue weighted by molar-refractivity contribution is 7.88. The summed E-state index contributed by atoms with van der Waals surface area (Å²) in [6, 6.07) is 13.2. The highest BCUT2D eigenvalue weighted by atomic mass is 35.5. The van der Waals surface area contributed by atoms with E-state index < -0.39 is 10.0 Å². The molecule has 1 amide bonds. The van der Waals surface area contributed by atoms with Crippen LogP contribution < -0.4 is 5.32 Å². The second-order valence-electron chi connectivity index (χ2n) is 9.10. The van der Waals surface area contributed by atoms with Gasteiger partial charge < -0.3 is 5.32 Å². The van der Waals surface area contributed by atoms with Gasteiger partial charge in [-0.25, -0.2) is 12.7 Å². The molecule has 0 atom stereocenters. The van der Waals surface area contributed by atoms with Crippen molar-refractivity contribution < 1.29 is 13.2 Å². The summed E-state index contributed by atoms with van der Waals surface area (Å²) in [5.74, 6) is -0.445. The van der Waals surface area contributed by atoms with Gasteiger partial charge in [-0.3, -0.25) is 9.69 Å². The molecule has 2 aliphatic rings. The quantitative estimate of drug-likeness (QED) is 0.554. The Balaban J connectivity index is 1.29. The topological polar surface area (TPSA) is 69.7 Å². The lowest BCUT2D eigenvalue weighted by atomic mass is 9.97. The van der Waals surface area contributed by atoms with Crippen molar-refractivity contribution >= 4 is 39.1 Å². The van der Waals surface area contributed by atoms with Crippen LogP contribution in [0.3, 0.4) is 0 Å². The zero-order valence-electron chi connectivity index (χ0n) is 19.2. The van der Waals surface area contributed by atoms with Crippen LogP contribution in [0.4, 0.5) is 0 Å². The Bertz CT molecular complexity index is 1090. The number of sulfonamides is 1. The Morgan fingerprint density at radius 1 is 0.912 bits per heavy atom. The molecule has 0 saturated carbocycles. The molecule has 0 unspecified atom stereocenters. The van der Waals surface area contributed by atoms with Crippen LogP contribution in [0.25, 0.3) is 0 Å². The first-order valence-electron chi connectivity index (χ1n) is 11.8. The number of piperidine rings is 1. The predicted molar refractivity (Wildman–Crippen MR) is 136 cm³/mol. The molecule has 2 aromatic carbocycles. The number of amides is 1. The summed E-state index contributed by atoms with van der Waals surface area (Å²) in [5.41, 5.74) is 2.81. The van der Waals surface area contributed by atoms with Crippen molar-refractivity contribution in [3.63, 3.8) is 0 Å². The van der Waals surface area contributed by atoms with Gasteiger partial charge in [-0.05, 0) is 62.0 Å². The molecule has 2 heterocycles. The molecule has 2 saturated heterocycles. The smallest absolute Gasteiger partial charge is 0.223 e. The molecule has 0 radical (unpaired) electrons. The van der Waals surface area contributed by atoms with Gasteiger partial charge in [-0.15, -0.1) is 0 Å². The van der Waals surface area contributed by atoms with E-state index in [2.05, 4.69) is 22.3 Å². The second-order valence-corrected chi connectivity index (χ2v) is 11.9. The summed E-state index contributed by atoms with van der Waals surface area (Å²) >= 11 is 12.3. The van der Waals surface area contributed by atoms with Crippen LogP contribution in [-0.2, 0) is 33.7 Å². The van der Waals surface area contributed by atoms with Crippen LogP contribution in [0.1, 0.15) is 42.4 Å². The first-order valence-corrected chi connectivity index (χ1v) is 14.2. The van der Waals surface area contributed by atoms with Crippen LogP contribution >= 0.6 is 23.2 Å².